The molecule has 0 saturated heterocycles. The first-order chi connectivity index (χ1) is 8.76. The van der Waals surface area contributed by atoms with Crippen molar-refractivity contribution in [2.24, 2.45) is 0 Å². The molecule has 0 aliphatic rings. The number of nitrogens with one attached hydrogen (secondary N) is 1. The summed E-state index contributed by atoms with van der Waals surface area (Å²) in [6, 6.07) is 7.76. The highest BCUT2D eigenvalue weighted by Gasteiger charge is 2.10. The third-order valence-electron chi connectivity index (χ3n) is 2.41. The first-order valence-corrected chi connectivity index (χ1v) is 6.48. The second-order valence-electron chi connectivity index (χ2n) is 3.57. The lowest BCUT2D eigenvalue weighted by molar-refractivity contribution is 0.341. The lowest BCUT2D eigenvalue weighted by Gasteiger charge is -2.10. The van der Waals surface area contributed by atoms with Gasteiger partial charge in [-0.05, 0) is 35.0 Å². The van der Waals surface area contributed by atoms with Gasteiger partial charge in [-0.3, -0.25) is 0 Å². The van der Waals surface area contributed by atoms with Gasteiger partial charge < -0.3 is 10.1 Å². The van der Waals surface area contributed by atoms with E-state index in [0.717, 1.165) is 21.6 Å². The van der Waals surface area contributed by atoms with Crippen LogP contribution in [0.2, 0.25) is 0 Å². The van der Waals surface area contributed by atoms with Crippen molar-refractivity contribution in [2.45, 2.75) is 6.92 Å². The number of aromatic nitrogens is 2. The van der Waals surface area contributed by atoms with E-state index in [2.05, 4.69) is 31.2 Å². The Morgan fingerprint density at radius 1 is 1.33 bits per heavy atom. The van der Waals surface area contributed by atoms with Gasteiger partial charge >= 0.3 is 0 Å². The number of hydrogen-bond donors (Lipinski definition) is 1. The van der Waals surface area contributed by atoms with Gasteiger partial charge in [0.05, 0.1) is 16.6 Å². The average Bonchev–Trinajstić information content (AvgIpc) is 2.40. The maximum Gasteiger partial charge on any atom is 0.165 e. The van der Waals surface area contributed by atoms with Gasteiger partial charge in [0.25, 0.3) is 0 Å². The molecule has 0 bridgehead atoms. The van der Waals surface area contributed by atoms with E-state index in [0.29, 0.717) is 12.4 Å². The third kappa shape index (κ3) is 2.61. The SMILES string of the molecule is CCOc1ccccc1-c1ncc(Br)c(NC)n1. The number of benzene rings is 1. The zero-order chi connectivity index (χ0) is 13.0. The van der Waals surface area contributed by atoms with Crippen molar-refractivity contribution in [1.29, 1.82) is 0 Å². The predicted molar refractivity (Wildman–Crippen MR) is 75.9 cm³/mol. The maximum atomic E-state index is 5.58. The average molecular weight is 308 g/mol. The Kier molecular flexibility index (Phi) is 4.15. The molecule has 1 aromatic carbocycles. The normalized spacial score (nSPS) is 10.2. The molecule has 0 aliphatic heterocycles. The smallest absolute Gasteiger partial charge is 0.165 e. The Balaban J connectivity index is 2.48. The second kappa shape index (κ2) is 5.82. The molecule has 2 aromatic rings. The van der Waals surface area contributed by atoms with Crippen LogP contribution in [0.25, 0.3) is 11.4 Å². The van der Waals surface area contributed by atoms with Crippen molar-refractivity contribution in [2.75, 3.05) is 19.0 Å². The summed E-state index contributed by atoms with van der Waals surface area (Å²) in [6.45, 7) is 2.57. The standard InChI is InChI=1S/C13H14BrN3O/c1-3-18-11-7-5-4-6-9(11)12-16-8-10(14)13(15-2)17-12/h4-8H,3H2,1-2H3,(H,15,16,17). The van der Waals surface area contributed by atoms with E-state index >= 15 is 0 Å². The van der Waals surface area contributed by atoms with Crippen LogP contribution in [0.5, 0.6) is 5.75 Å². The summed E-state index contributed by atoms with van der Waals surface area (Å²) in [5, 5.41) is 3.02. The number of halogens is 1. The van der Waals surface area contributed by atoms with Gasteiger partial charge in [0, 0.05) is 13.2 Å². The van der Waals surface area contributed by atoms with Crippen molar-refractivity contribution < 1.29 is 4.74 Å². The first kappa shape index (κ1) is 12.8. The van der Waals surface area contributed by atoms with Crippen LogP contribution in [0.1, 0.15) is 6.92 Å². The molecule has 4 nitrogen and oxygen atoms in total. The monoisotopic (exact) mass is 307 g/mol. The number of anilines is 1. The third-order valence-corrected chi connectivity index (χ3v) is 2.99. The molecule has 2 rings (SSSR count). The molecule has 5 heteroatoms. The summed E-state index contributed by atoms with van der Waals surface area (Å²) >= 11 is 3.39. The van der Waals surface area contributed by atoms with E-state index in [1.165, 1.54) is 0 Å². The molecular weight excluding hydrogens is 294 g/mol. The minimum Gasteiger partial charge on any atom is -0.493 e. The zero-order valence-electron chi connectivity index (χ0n) is 10.3. The number of ether oxygens (including phenoxy) is 1. The van der Waals surface area contributed by atoms with E-state index in [4.69, 9.17) is 4.74 Å². The topological polar surface area (TPSA) is 47.0 Å². The largest absolute Gasteiger partial charge is 0.493 e. The van der Waals surface area contributed by atoms with Gasteiger partial charge in [-0.25, -0.2) is 9.97 Å². The van der Waals surface area contributed by atoms with Crippen LogP contribution in [0, 0.1) is 0 Å². The van der Waals surface area contributed by atoms with Crippen LogP contribution in [0.15, 0.2) is 34.9 Å². The lowest BCUT2D eigenvalue weighted by Crippen LogP contribution is -2.00. The molecule has 0 saturated carbocycles. The summed E-state index contributed by atoms with van der Waals surface area (Å²) in [6.07, 6.45) is 1.73. The molecule has 18 heavy (non-hydrogen) atoms. The molecule has 0 spiro atoms. The van der Waals surface area contributed by atoms with E-state index in [-0.39, 0.29) is 0 Å². The number of nitrogens with zero attached hydrogens (tertiary/aromatic N) is 2. The summed E-state index contributed by atoms with van der Waals surface area (Å²) in [7, 11) is 1.82. The Labute approximate surface area is 115 Å². The molecule has 0 radical (unpaired) electrons. The van der Waals surface area contributed by atoms with Crippen LogP contribution >= 0.6 is 15.9 Å². The highest BCUT2D eigenvalue weighted by molar-refractivity contribution is 9.10. The predicted octanol–water partition coefficient (Wildman–Crippen LogP) is 3.35. The quantitative estimate of drug-likeness (QED) is 0.941. The molecule has 1 N–H and O–H groups in total. The Hall–Kier alpha value is -1.62. The Morgan fingerprint density at radius 3 is 2.83 bits per heavy atom. The first-order valence-electron chi connectivity index (χ1n) is 5.68. The van der Waals surface area contributed by atoms with Crippen LogP contribution in [0.3, 0.4) is 0 Å². The molecule has 0 aliphatic carbocycles. The summed E-state index contributed by atoms with van der Waals surface area (Å²) < 4.78 is 6.42. The van der Waals surface area contributed by atoms with Gasteiger partial charge in [0.2, 0.25) is 0 Å². The van der Waals surface area contributed by atoms with Crippen molar-refractivity contribution >= 4 is 21.7 Å². The summed E-state index contributed by atoms with van der Waals surface area (Å²) in [5.74, 6) is 2.20. The fourth-order valence-corrected chi connectivity index (χ4v) is 1.99. The van der Waals surface area contributed by atoms with Gasteiger partial charge in [0.1, 0.15) is 11.6 Å². The molecule has 0 unspecified atom stereocenters. The van der Waals surface area contributed by atoms with Crippen LogP contribution in [-0.4, -0.2) is 23.6 Å². The molecule has 1 aromatic heterocycles. The number of hydrogen-bond acceptors (Lipinski definition) is 4. The van der Waals surface area contributed by atoms with E-state index < -0.39 is 0 Å². The Bertz CT molecular complexity index is 546. The van der Waals surface area contributed by atoms with Crippen molar-refractivity contribution in [3.63, 3.8) is 0 Å². The highest BCUT2D eigenvalue weighted by Crippen LogP contribution is 2.29. The summed E-state index contributed by atoms with van der Waals surface area (Å²) in [5.41, 5.74) is 0.892. The van der Waals surface area contributed by atoms with Crippen LogP contribution < -0.4 is 10.1 Å². The fourth-order valence-electron chi connectivity index (χ4n) is 1.60. The molecular formula is C13H14BrN3O. The van der Waals surface area contributed by atoms with Crippen molar-refractivity contribution in [3.05, 3.63) is 34.9 Å². The lowest BCUT2D eigenvalue weighted by atomic mass is 10.2. The second-order valence-corrected chi connectivity index (χ2v) is 4.42. The molecule has 1 heterocycles. The minimum absolute atomic E-state index is 0.617. The molecule has 0 atom stereocenters. The van der Waals surface area contributed by atoms with Crippen molar-refractivity contribution in [3.8, 4) is 17.1 Å². The fraction of sp³-hybridized carbons (Fsp3) is 0.231. The van der Waals surface area contributed by atoms with Crippen LogP contribution in [0.4, 0.5) is 5.82 Å². The number of rotatable bonds is 4. The van der Waals surface area contributed by atoms with Gasteiger partial charge in [0.15, 0.2) is 5.82 Å². The van der Waals surface area contributed by atoms with Gasteiger partial charge in [-0.15, -0.1) is 0 Å². The Morgan fingerprint density at radius 2 is 2.11 bits per heavy atom. The van der Waals surface area contributed by atoms with Gasteiger partial charge in [-0.2, -0.15) is 0 Å². The highest BCUT2D eigenvalue weighted by atomic mass is 79.9. The van der Waals surface area contributed by atoms with Gasteiger partial charge in [-0.1, -0.05) is 12.1 Å². The minimum atomic E-state index is 0.617. The summed E-state index contributed by atoms with van der Waals surface area (Å²) in [4.78, 5) is 8.78. The van der Waals surface area contributed by atoms with Crippen LogP contribution in [-0.2, 0) is 0 Å². The van der Waals surface area contributed by atoms with Crippen molar-refractivity contribution in [1.82, 2.24) is 9.97 Å². The van der Waals surface area contributed by atoms with E-state index in [1.54, 1.807) is 6.20 Å². The van der Waals surface area contributed by atoms with E-state index in [9.17, 15) is 0 Å². The molecule has 0 fully saturated rings. The molecule has 0 amide bonds. The molecule has 94 valence electrons. The number of para-hydroxylation sites is 1. The maximum absolute atomic E-state index is 5.58. The van der Waals surface area contributed by atoms with E-state index in [1.807, 2.05) is 38.2 Å². The zero-order valence-corrected chi connectivity index (χ0v) is 11.9.